The van der Waals surface area contributed by atoms with Crippen LogP contribution >= 0.6 is 12.4 Å². The van der Waals surface area contributed by atoms with Gasteiger partial charge in [-0.1, -0.05) is 0 Å². The van der Waals surface area contributed by atoms with Gasteiger partial charge < -0.3 is 16.2 Å². The first kappa shape index (κ1) is 18.3. The fourth-order valence-electron chi connectivity index (χ4n) is 4.06. The Labute approximate surface area is 168 Å². The molecular weight excluding hydrogens is 376 g/mol. The molecule has 0 spiro atoms. The van der Waals surface area contributed by atoms with Gasteiger partial charge in [-0.3, -0.25) is 4.68 Å². The Bertz CT molecular complexity index is 1110. The predicted octanol–water partition coefficient (Wildman–Crippen LogP) is 2.59. The third kappa shape index (κ3) is 2.70. The molecule has 1 aromatic carbocycles. The summed E-state index contributed by atoms with van der Waals surface area (Å²) in [6.45, 7) is 2.57. The fourth-order valence-corrected chi connectivity index (χ4v) is 4.06. The van der Waals surface area contributed by atoms with E-state index in [1.54, 1.807) is 12.1 Å². The van der Waals surface area contributed by atoms with Gasteiger partial charge in [0, 0.05) is 30.6 Å². The van der Waals surface area contributed by atoms with Crippen LogP contribution in [0.4, 0.5) is 5.82 Å². The second-order valence-electron chi connectivity index (χ2n) is 6.98. The average molecular weight is 395 g/mol. The molecule has 0 saturated carbocycles. The highest BCUT2D eigenvalue weighted by Crippen LogP contribution is 2.44. The monoisotopic (exact) mass is 394 g/mol. The lowest BCUT2D eigenvalue weighted by Gasteiger charge is -2.10. The number of nitrogens with one attached hydrogen (secondary N) is 1. The predicted molar refractivity (Wildman–Crippen MR) is 108 cm³/mol. The summed E-state index contributed by atoms with van der Waals surface area (Å²) in [5, 5.41) is 27.7. The van der Waals surface area contributed by atoms with Gasteiger partial charge in [-0.2, -0.15) is 10.4 Å². The molecule has 0 saturated heterocycles. The van der Waals surface area contributed by atoms with Gasteiger partial charge in [-0.05, 0) is 48.4 Å². The molecular formula is C20H19ClN6O. The van der Waals surface area contributed by atoms with Crippen molar-refractivity contribution in [2.24, 2.45) is 0 Å². The fraction of sp³-hybridized carbons (Fsp3) is 0.250. The second kappa shape index (κ2) is 6.82. The van der Waals surface area contributed by atoms with Gasteiger partial charge in [-0.15, -0.1) is 12.4 Å². The van der Waals surface area contributed by atoms with Crippen LogP contribution in [0.5, 0.6) is 5.75 Å². The van der Waals surface area contributed by atoms with E-state index in [-0.39, 0.29) is 24.0 Å². The van der Waals surface area contributed by atoms with E-state index in [1.807, 2.05) is 16.8 Å². The van der Waals surface area contributed by atoms with Crippen LogP contribution in [0.1, 0.15) is 28.8 Å². The highest BCUT2D eigenvalue weighted by molar-refractivity contribution is 5.87. The molecule has 8 heteroatoms. The number of aromatic hydroxyl groups is 1. The molecule has 142 valence electrons. The largest absolute Gasteiger partial charge is 0.508 e. The molecule has 0 atom stereocenters. The van der Waals surface area contributed by atoms with Crippen LogP contribution in [-0.2, 0) is 19.5 Å². The molecule has 7 nitrogen and oxygen atoms in total. The lowest BCUT2D eigenvalue weighted by molar-refractivity contribution is 0.475. The van der Waals surface area contributed by atoms with Crippen LogP contribution in [0.2, 0.25) is 0 Å². The molecule has 0 amide bonds. The second-order valence-corrected chi connectivity index (χ2v) is 6.98. The zero-order valence-corrected chi connectivity index (χ0v) is 15.9. The number of nitrogens with zero attached hydrogens (tertiary/aromatic N) is 4. The lowest BCUT2D eigenvalue weighted by Crippen LogP contribution is -2.11. The molecule has 0 radical (unpaired) electrons. The van der Waals surface area contributed by atoms with Gasteiger partial charge in [-0.25, -0.2) is 4.98 Å². The number of phenolic OH excluding ortho intramolecular Hbond substituents is 1. The minimum absolute atomic E-state index is 0. The minimum Gasteiger partial charge on any atom is -0.508 e. The molecule has 0 bridgehead atoms. The molecule has 3 heterocycles. The molecule has 2 aliphatic rings. The van der Waals surface area contributed by atoms with Gasteiger partial charge in [0.25, 0.3) is 0 Å². The quantitative estimate of drug-likeness (QED) is 0.457. The maximum atomic E-state index is 9.83. The summed E-state index contributed by atoms with van der Waals surface area (Å²) in [4.78, 5) is 4.51. The van der Waals surface area contributed by atoms with Crippen molar-refractivity contribution in [3.63, 3.8) is 0 Å². The van der Waals surface area contributed by atoms with Gasteiger partial charge in [0.15, 0.2) is 0 Å². The first-order chi connectivity index (χ1) is 13.2. The van der Waals surface area contributed by atoms with Crippen LogP contribution in [0, 0.1) is 11.3 Å². The molecule has 28 heavy (non-hydrogen) atoms. The maximum Gasteiger partial charge on any atom is 0.142 e. The Balaban J connectivity index is 0.00000192. The Hall–Kier alpha value is -3.08. The van der Waals surface area contributed by atoms with E-state index in [0.29, 0.717) is 12.0 Å². The summed E-state index contributed by atoms with van der Waals surface area (Å²) in [5.41, 5.74) is 12.8. The van der Waals surface area contributed by atoms with Crippen molar-refractivity contribution >= 4 is 18.2 Å². The van der Waals surface area contributed by atoms with Crippen LogP contribution in [0.3, 0.4) is 0 Å². The Kier molecular flexibility index (Phi) is 4.46. The third-order valence-electron chi connectivity index (χ3n) is 5.30. The molecule has 5 rings (SSSR count). The van der Waals surface area contributed by atoms with Gasteiger partial charge in [0.05, 0.1) is 17.1 Å². The van der Waals surface area contributed by atoms with Gasteiger partial charge in [0.1, 0.15) is 23.2 Å². The van der Waals surface area contributed by atoms with Crippen molar-refractivity contribution in [1.82, 2.24) is 20.1 Å². The van der Waals surface area contributed by atoms with Crippen LogP contribution < -0.4 is 11.1 Å². The van der Waals surface area contributed by atoms with Crippen molar-refractivity contribution in [3.05, 3.63) is 46.6 Å². The molecule has 1 aliphatic heterocycles. The minimum atomic E-state index is 0. The van der Waals surface area contributed by atoms with E-state index in [0.717, 1.165) is 65.4 Å². The topological polar surface area (TPSA) is 113 Å². The zero-order chi connectivity index (χ0) is 18.5. The Morgan fingerprint density at radius 1 is 1.29 bits per heavy atom. The number of aryl methyl sites for hydroxylation is 1. The first-order valence-corrected chi connectivity index (χ1v) is 8.98. The van der Waals surface area contributed by atoms with Crippen molar-refractivity contribution < 1.29 is 5.11 Å². The summed E-state index contributed by atoms with van der Waals surface area (Å²) in [7, 11) is 0. The molecule has 0 unspecified atom stereocenters. The third-order valence-corrected chi connectivity index (χ3v) is 5.30. The maximum absolute atomic E-state index is 9.83. The van der Waals surface area contributed by atoms with Crippen LogP contribution in [0.15, 0.2) is 24.3 Å². The number of halogens is 1. The number of fused-ring (bicyclic) bond motifs is 4. The van der Waals surface area contributed by atoms with E-state index in [4.69, 9.17) is 10.8 Å². The number of phenols is 1. The molecule has 0 fully saturated rings. The molecule has 1 aliphatic carbocycles. The van der Waals surface area contributed by atoms with Gasteiger partial charge in [0.2, 0.25) is 0 Å². The molecule has 4 N–H and O–H groups in total. The van der Waals surface area contributed by atoms with Crippen molar-refractivity contribution in [1.29, 1.82) is 5.26 Å². The Morgan fingerprint density at radius 2 is 2.14 bits per heavy atom. The zero-order valence-electron chi connectivity index (χ0n) is 15.1. The van der Waals surface area contributed by atoms with E-state index >= 15 is 0 Å². The van der Waals surface area contributed by atoms with E-state index in [1.165, 1.54) is 0 Å². The number of nitriles is 1. The summed E-state index contributed by atoms with van der Waals surface area (Å²) in [6.07, 6.45) is 1.61. The smallest absolute Gasteiger partial charge is 0.142 e. The van der Waals surface area contributed by atoms with E-state index in [9.17, 15) is 10.4 Å². The standard InChI is InChI=1S/C20H18N6O.ClH/c21-9-16-18(17-8-12-10-23-4-1-5-26(12)25-17)15-7-11-6-13(27)2-3-14(11)19(15)24-20(16)22;/h2-3,6,8,23,27H,1,4-5,7,10H2,(H2,22,24);1H. The number of hydrogen-bond acceptors (Lipinski definition) is 6. The molecule has 2 aromatic heterocycles. The first-order valence-electron chi connectivity index (χ1n) is 8.98. The number of hydrogen-bond donors (Lipinski definition) is 3. The van der Waals surface area contributed by atoms with Crippen molar-refractivity contribution in [3.8, 4) is 34.3 Å². The van der Waals surface area contributed by atoms with E-state index in [2.05, 4.69) is 16.4 Å². The summed E-state index contributed by atoms with van der Waals surface area (Å²) >= 11 is 0. The van der Waals surface area contributed by atoms with E-state index < -0.39 is 0 Å². The number of aromatic nitrogens is 3. The number of rotatable bonds is 1. The summed E-state index contributed by atoms with van der Waals surface area (Å²) in [5.74, 6) is 0.435. The highest BCUT2D eigenvalue weighted by atomic mass is 35.5. The summed E-state index contributed by atoms with van der Waals surface area (Å²) < 4.78 is 2.01. The highest BCUT2D eigenvalue weighted by Gasteiger charge is 2.29. The number of pyridine rings is 1. The lowest BCUT2D eigenvalue weighted by atomic mass is 9.97. The summed E-state index contributed by atoms with van der Waals surface area (Å²) in [6, 6.07) is 9.50. The normalized spacial score (nSPS) is 14.2. The van der Waals surface area contributed by atoms with Crippen LogP contribution in [0.25, 0.3) is 22.5 Å². The van der Waals surface area contributed by atoms with Crippen molar-refractivity contribution in [2.75, 3.05) is 12.3 Å². The van der Waals surface area contributed by atoms with Crippen LogP contribution in [-0.4, -0.2) is 26.4 Å². The number of anilines is 1. The number of nitrogens with two attached hydrogens (primary N) is 1. The number of benzene rings is 1. The number of nitrogen functional groups attached to an aromatic ring is 1. The Morgan fingerprint density at radius 3 is 2.96 bits per heavy atom. The SMILES string of the molecule is Cl.N#Cc1c(N)nc2c(c1-c1cc3n(n1)CCCNC3)Cc1cc(O)ccc1-2. The average Bonchev–Trinajstić information content (AvgIpc) is 3.13. The molecule has 3 aromatic rings. The van der Waals surface area contributed by atoms with Crippen molar-refractivity contribution in [2.45, 2.75) is 25.9 Å². The van der Waals surface area contributed by atoms with Gasteiger partial charge >= 0.3 is 0 Å².